The first-order valence-corrected chi connectivity index (χ1v) is 10.2. The Morgan fingerprint density at radius 1 is 1.21 bits per heavy atom. The first-order valence-electron chi connectivity index (χ1n) is 10.2. The van der Waals surface area contributed by atoms with E-state index in [1.165, 1.54) is 0 Å². The number of morpholine rings is 1. The molecule has 2 aliphatic rings. The van der Waals surface area contributed by atoms with Crippen LogP contribution in [0.25, 0.3) is 5.69 Å². The molecule has 1 aromatic carbocycles. The average Bonchev–Trinajstić information content (AvgIpc) is 3.39. The number of hydrogen-bond acceptors (Lipinski definition) is 5. The van der Waals surface area contributed by atoms with Gasteiger partial charge < -0.3 is 19.8 Å². The number of aromatic nitrogens is 2. The van der Waals surface area contributed by atoms with Crippen LogP contribution < -0.4 is 11.0 Å². The molecule has 8 heteroatoms. The number of H-pyrrole nitrogens is 1. The molecule has 8 nitrogen and oxygen atoms in total. The number of carbonyl (C=O) groups is 1. The number of benzene rings is 1. The minimum atomic E-state index is -0.188. The Labute approximate surface area is 169 Å². The molecule has 156 valence electrons. The molecule has 0 aliphatic carbocycles. The number of nitrogens with one attached hydrogen (secondary N) is 2. The molecule has 0 saturated carbocycles. The van der Waals surface area contributed by atoms with E-state index in [2.05, 4.69) is 15.2 Å². The molecule has 0 radical (unpaired) electrons. The van der Waals surface area contributed by atoms with Crippen LogP contribution in [0, 0.1) is 12.8 Å². The number of hydrogen-bond donors (Lipinski definition) is 2. The molecular weight excluding hydrogens is 372 g/mol. The molecule has 0 spiro atoms. The summed E-state index contributed by atoms with van der Waals surface area (Å²) in [5.74, 6) is 0.325. The van der Waals surface area contributed by atoms with Crippen molar-refractivity contribution in [1.29, 1.82) is 0 Å². The van der Waals surface area contributed by atoms with Crippen molar-refractivity contribution in [3.63, 3.8) is 0 Å². The number of imidazole rings is 1. The van der Waals surface area contributed by atoms with E-state index in [4.69, 9.17) is 9.47 Å². The summed E-state index contributed by atoms with van der Waals surface area (Å²) in [6.45, 7) is 7.22. The standard InChI is InChI=1S/C21H28N4O4/c1-15-12-23-21(27)25(15)18-4-2-16(3-5-18)20(26)22-13-19(17-6-9-29-14-17)24-7-10-28-11-8-24/h2-5,12,17,19H,6-11,13-14H2,1H3,(H,22,26)(H,23,27). The van der Waals surface area contributed by atoms with E-state index in [-0.39, 0.29) is 17.6 Å². The zero-order valence-corrected chi connectivity index (χ0v) is 16.7. The van der Waals surface area contributed by atoms with Crippen molar-refractivity contribution in [2.75, 3.05) is 46.1 Å². The second-order valence-corrected chi connectivity index (χ2v) is 7.67. The van der Waals surface area contributed by atoms with Gasteiger partial charge in [0.05, 0.1) is 25.5 Å². The monoisotopic (exact) mass is 400 g/mol. The first-order chi connectivity index (χ1) is 14.1. The SMILES string of the molecule is Cc1c[nH]c(=O)n1-c1ccc(C(=O)NCC(C2CCOC2)N2CCOCC2)cc1. The summed E-state index contributed by atoms with van der Waals surface area (Å²) in [6, 6.07) is 7.35. The zero-order chi connectivity index (χ0) is 20.2. The molecule has 2 atom stereocenters. The van der Waals surface area contributed by atoms with Crippen molar-refractivity contribution in [2.24, 2.45) is 5.92 Å². The van der Waals surface area contributed by atoms with Crippen LogP contribution in [0.5, 0.6) is 0 Å². The Morgan fingerprint density at radius 3 is 2.59 bits per heavy atom. The Morgan fingerprint density at radius 2 is 1.97 bits per heavy atom. The minimum absolute atomic E-state index is 0.105. The first kappa shape index (κ1) is 19.9. The van der Waals surface area contributed by atoms with Crippen molar-refractivity contribution in [3.05, 3.63) is 52.2 Å². The smallest absolute Gasteiger partial charge is 0.330 e. The van der Waals surface area contributed by atoms with Crippen LogP contribution in [-0.4, -0.2) is 72.5 Å². The van der Waals surface area contributed by atoms with Gasteiger partial charge in [0.15, 0.2) is 0 Å². The van der Waals surface area contributed by atoms with E-state index in [0.29, 0.717) is 18.0 Å². The summed E-state index contributed by atoms with van der Waals surface area (Å²) >= 11 is 0. The number of aromatic amines is 1. The molecule has 2 saturated heterocycles. The van der Waals surface area contributed by atoms with Crippen molar-refractivity contribution in [1.82, 2.24) is 19.8 Å². The van der Waals surface area contributed by atoms with Crippen molar-refractivity contribution >= 4 is 5.91 Å². The lowest BCUT2D eigenvalue weighted by Crippen LogP contribution is -2.52. The highest BCUT2D eigenvalue weighted by atomic mass is 16.5. The number of amides is 1. The number of rotatable bonds is 6. The zero-order valence-electron chi connectivity index (χ0n) is 16.7. The molecule has 2 aromatic rings. The van der Waals surface area contributed by atoms with E-state index >= 15 is 0 Å². The van der Waals surface area contributed by atoms with Crippen LogP contribution in [0.15, 0.2) is 35.3 Å². The summed E-state index contributed by atoms with van der Waals surface area (Å²) in [6.07, 6.45) is 2.69. The molecule has 29 heavy (non-hydrogen) atoms. The Hall–Kier alpha value is -2.42. The van der Waals surface area contributed by atoms with Gasteiger partial charge in [0, 0.05) is 55.7 Å². The fourth-order valence-electron chi connectivity index (χ4n) is 4.20. The molecule has 2 N–H and O–H groups in total. The van der Waals surface area contributed by atoms with E-state index in [9.17, 15) is 9.59 Å². The van der Waals surface area contributed by atoms with Gasteiger partial charge in [0.25, 0.3) is 5.91 Å². The second-order valence-electron chi connectivity index (χ2n) is 7.67. The van der Waals surface area contributed by atoms with Gasteiger partial charge in [0.2, 0.25) is 0 Å². The van der Waals surface area contributed by atoms with E-state index in [0.717, 1.165) is 57.3 Å². The lowest BCUT2D eigenvalue weighted by atomic mass is 9.96. The lowest BCUT2D eigenvalue weighted by molar-refractivity contribution is 0.00166. The van der Waals surface area contributed by atoms with Gasteiger partial charge >= 0.3 is 5.69 Å². The van der Waals surface area contributed by atoms with Crippen molar-refractivity contribution in [2.45, 2.75) is 19.4 Å². The topological polar surface area (TPSA) is 88.6 Å². The number of carbonyl (C=O) groups excluding carboxylic acids is 1. The van der Waals surface area contributed by atoms with Gasteiger partial charge in [-0.05, 0) is 37.6 Å². The molecule has 3 heterocycles. The van der Waals surface area contributed by atoms with Crippen LogP contribution in [0.3, 0.4) is 0 Å². The Kier molecular flexibility index (Phi) is 6.13. The van der Waals surface area contributed by atoms with Gasteiger partial charge in [-0.3, -0.25) is 14.3 Å². The largest absolute Gasteiger partial charge is 0.381 e. The number of nitrogens with zero attached hydrogens (tertiary/aromatic N) is 2. The predicted octanol–water partition coefficient (Wildman–Crippen LogP) is 0.941. The van der Waals surface area contributed by atoms with E-state index in [1.54, 1.807) is 35.0 Å². The van der Waals surface area contributed by atoms with Crippen molar-refractivity contribution < 1.29 is 14.3 Å². The summed E-state index contributed by atoms with van der Waals surface area (Å²) in [5, 5.41) is 3.10. The molecule has 0 bridgehead atoms. The average molecular weight is 400 g/mol. The van der Waals surface area contributed by atoms with Gasteiger partial charge in [-0.1, -0.05) is 0 Å². The molecule has 1 amide bonds. The van der Waals surface area contributed by atoms with Crippen LogP contribution in [0.4, 0.5) is 0 Å². The van der Waals surface area contributed by atoms with Crippen LogP contribution in [0.1, 0.15) is 22.5 Å². The fraction of sp³-hybridized carbons (Fsp3) is 0.524. The molecule has 2 unspecified atom stereocenters. The molecule has 1 aromatic heterocycles. The minimum Gasteiger partial charge on any atom is -0.381 e. The maximum atomic E-state index is 12.7. The van der Waals surface area contributed by atoms with E-state index < -0.39 is 0 Å². The summed E-state index contributed by atoms with van der Waals surface area (Å²) < 4.78 is 12.6. The third kappa shape index (κ3) is 4.44. The lowest BCUT2D eigenvalue weighted by Gasteiger charge is -2.37. The van der Waals surface area contributed by atoms with Gasteiger partial charge in [-0.15, -0.1) is 0 Å². The molecule has 2 aliphatic heterocycles. The van der Waals surface area contributed by atoms with Crippen LogP contribution in [-0.2, 0) is 9.47 Å². The van der Waals surface area contributed by atoms with Crippen LogP contribution >= 0.6 is 0 Å². The Bertz CT molecular complexity index is 877. The van der Waals surface area contributed by atoms with Gasteiger partial charge in [-0.2, -0.15) is 0 Å². The van der Waals surface area contributed by atoms with Crippen LogP contribution in [0.2, 0.25) is 0 Å². The van der Waals surface area contributed by atoms with E-state index in [1.807, 2.05) is 6.92 Å². The van der Waals surface area contributed by atoms with Gasteiger partial charge in [-0.25, -0.2) is 4.79 Å². The summed E-state index contributed by atoms with van der Waals surface area (Å²) in [4.78, 5) is 29.7. The predicted molar refractivity (Wildman–Crippen MR) is 109 cm³/mol. The molecule has 4 rings (SSSR count). The third-order valence-corrected chi connectivity index (χ3v) is 5.84. The molecule has 2 fully saturated rings. The normalized spacial score (nSPS) is 21.2. The second kappa shape index (κ2) is 8.94. The highest BCUT2D eigenvalue weighted by molar-refractivity contribution is 5.94. The Balaban J connectivity index is 1.41. The maximum Gasteiger partial charge on any atom is 0.330 e. The fourth-order valence-corrected chi connectivity index (χ4v) is 4.20. The third-order valence-electron chi connectivity index (χ3n) is 5.84. The number of aryl methyl sites for hydroxylation is 1. The quantitative estimate of drug-likeness (QED) is 0.754. The van der Waals surface area contributed by atoms with Crippen molar-refractivity contribution in [3.8, 4) is 5.69 Å². The highest BCUT2D eigenvalue weighted by Gasteiger charge is 2.31. The number of ether oxygens (including phenoxy) is 2. The summed E-state index contributed by atoms with van der Waals surface area (Å²) in [5.41, 5.74) is 1.95. The summed E-state index contributed by atoms with van der Waals surface area (Å²) in [7, 11) is 0. The molecular formula is C21H28N4O4. The highest BCUT2D eigenvalue weighted by Crippen LogP contribution is 2.22. The van der Waals surface area contributed by atoms with Gasteiger partial charge in [0.1, 0.15) is 0 Å². The maximum absolute atomic E-state index is 12.7.